The zero-order valence-corrected chi connectivity index (χ0v) is 19.6. The third-order valence-corrected chi connectivity index (χ3v) is 7.45. The van der Waals surface area contributed by atoms with E-state index in [1.54, 1.807) is 11.5 Å². The van der Waals surface area contributed by atoms with Crippen LogP contribution in [0.5, 0.6) is 0 Å². The molecule has 6 rings (SSSR count). The van der Waals surface area contributed by atoms with E-state index in [2.05, 4.69) is 0 Å². The Morgan fingerprint density at radius 2 is 1.80 bits per heavy atom. The Balaban J connectivity index is 1.52. The normalized spacial score (nSPS) is 14.0. The average Bonchev–Trinajstić information content (AvgIpc) is 3.57. The predicted molar refractivity (Wildman–Crippen MR) is 137 cm³/mol. The van der Waals surface area contributed by atoms with E-state index in [9.17, 15) is 14.7 Å². The highest BCUT2D eigenvalue weighted by molar-refractivity contribution is 7.20. The van der Waals surface area contributed by atoms with Crippen molar-refractivity contribution in [1.29, 1.82) is 0 Å². The van der Waals surface area contributed by atoms with Gasteiger partial charge in [-0.3, -0.25) is 9.36 Å². The maximum absolute atomic E-state index is 13.2. The predicted octanol–water partition coefficient (Wildman–Crippen LogP) is 5.26. The Labute approximate surface area is 204 Å². The highest BCUT2D eigenvalue weighted by Crippen LogP contribution is 2.34. The number of carbonyl (C=O) groups is 1. The number of rotatable bonds is 4. The zero-order valence-electron chi connectivity index (χ0n) is 18.8. The molecule has 0 saturated heterocycles. The lowest BCUT2D eigenvalue weighted by molar-refractivity contribution is 0.0701. The molecule has 0 fully saturated rings. The van der Waals surface area contributed by atoms with Gasteiger partial charge in [0, 0.05) is 23.9 Å². The molecule has 7 nitrogen and oxygen atoms in total. The van der Waals surface area contributed by atoms with Gasteiger partial charge < -0.3 is 5.11 Å². The van der Waals surface area contributed by atoms with E-state index < -0.39 is 5.97 Å². The van der Waals surface area contributed by atoms with Gasteiger partial charge in [-0.15, -0.1) is 11.3 Å². The number of hydrogen-bond acceptors (Lipinski definition) is 5. The van der Waals surface area contributed by atoms with E-state index in [4.69, 9.17) is 10.1 Å². The van der Waals surface area contributed by atoms with Crippen LogP contribution in [-0.2, 0) is 6.54 Å². The first-order chi connectivity index (χ1) is 17.0. The van der Waals surface area contributed by atoms with E-state index >= 15 is 0 Å². The summed E-state index contributed by atoms with van der Waals surface area (Å²) in [6, 6.07) is 19.9. The van der Waals surface area contributed by atoms with Crippen LogP contribution in [0.1, 0.15) is 33.0 Å². The first-order valence-electron chi connectivity index (χ1n) is 11.2. The number of nitrogens with zero attached hydrogens (tertiary/aromatic N) is 4. The Morgan fingerprint density at radius 1 is 1.09 bits per heavy atom. The quantitative estimate of drug-likeness (QED) is 0.379. The van der Waals surface area contributed by atoms with Crippen LogP contribution in [-0.4, -0.2) is 30.4 Å². The van der Waals surface area contributed by atoms with Gasteiger partial charge in [-0.2, -0.15) is 5.10 Å². The number of carboxylic acids is 1. The van der Waals surface area contributed by atoms with Crippen LogP contribution in [0.4, 0.5) is 0 Å². The minimum atomic E-state index is -1.04. The molecule has 0 aliphatic carbocycles. The van der Waals surface area contributed by atoms with Gasteiger partial charge in [0.1, 0.15) is 15.5 Å². The fourth-order valence-electron chi connectivity index (χ4n) is 4.57. The molecule has 0 unspecified atom stereocenters. The Bertz CT molecular complexity index is 1700. The lowest BCUT2D eigenvalue weighted by Crippen LogP contribution is -2.20. The zero-order chi connectivity index (χ0) is 24.1. The number of fused-ring (bicyclic) bond motifs is 2. The van der Waals surface area contributed by atoms with Crippen LogP contribution in [0.15, 0.2) is 71.7 Å². The highest BCUT2D eigenvalue weighted by Gasteiger charge is 2.26. The first kappa shape index (κ1) is 21.2. The minimum Gasteiger partial charge on any atom is -0.477 e. The van der Waals surface area contributed by atoms with Gasteiger partial charge in [0.05, 0.1) is 16.8 Å². The molecule has 172 valence electrons. The van der Waals surface area contributed by atoms with Crippen molar-refractivity contribution in [3.8, 4) is 16.9 Å². The summed E-state index contributed by atoms with van der Waals surface area (Å²) in [5, 5.41) is 14.8. The van der Waals surface area contributed by atoms with Crippen LogP contribution < -0.4 is 5.56 Å². The van der Waals surface area contributed by atoms with Gasteiger partial charge in [0.2, 0.25) is 0 Å². The number of hydrogen-bond donors (Lipinski definition) is 1. The molecule has 1 aliphatic heterocycles. The molecule has 0 spiro atoms. The fraction of sp³-hybridized carbons (Fsp3) is 0.111. The molecule has 35 heavy (non-hydrogen) atoms. The second kappa shape index (κ2) is 8.18. The van der Waals surface area contributed by atoms with Gasteiger partial charge in [-0.25, -0.2) is 14.5 Å². The van der Waals surface area contributed by atoms with Gasteiger partial charge in [0.25, 0.3) is 5.56 Å². The van der Waals surface area contributed by atoms with Gasteiger partial charge in [-0.05, 0) is 42.7 Å². The minimum absolute atomic E-state index is 0.162. The summed E-state index contributed by atoms with van der Waals surface area (Å²) in [5.41, 5.74) is 4.93. The molecule has 0 radical (unpaired) electrons. The molecule has 5 aromatic rings. The lowest BCUT2D eigenvalue weighted by Gasteiger charge is -2.04. The molecule has 0 saturated carbocycles. The van der Waals surface area contributed by atoms with Crippen molar-refractivity contribution in [2.75, 3.05) is 0 Å². The van der Waals surface area contributed by atoms with Crippen LogP contribution in [0.2, 0.25) is 0 Å². The number of allylic oxidation sites excluding steroid dienone is 1. The van der Waals surface area contributed by atoms with Crippen molar-refractivity contribution in [2.45, 2.75) is 19.9 Å². The number of thiophene rings is 1. The van der Waals surface area contributed by atoms with Crippen LogP contribution >= 0.6 is 11.3 Å². The molecule has 0 atom stereocenters. The van der Waals surface area contributed by atoms with Crippen LogP contribution in [0, 0.1) is 6.92 Å². The van der Waals surface area contributed by atoms with Crippen molar-refractivity contribution in [3.05, 3.63) is 99.0 Å². The lowest BCUT2D eigenvalue weighted by atomic mass is 10.1. The average molecular weight is 481 g/mol. The second-order valence-electron chi connectivity index (χ2n) is 8.43. The summed E-state index contributed by atoms with van der Waals surface area (Å²) >= 11 is 1.05. The summed E-state index contributed by atoms with van der Waals surface area (Å²) in [6.07, 6.45) is 4.70. The molecule has 0 amide bonds. The van der Waals surface area contributed by atoms with Crippen molar-refractivity contribution < 1.29 is 9.90 Å². The van der Waals surface area contributed by atoms with Gasteiger partial charge in [-0.1, -0.05) is 48.5 Å². The number of benzene rings is 2. The number of carboxylic acid groups (broad SMARTS) is 1. The number of para-hydroxylation sites is 1. The second-order valence-corrected chi connectivity index (χ2v) is 9.43. The number of aromatic nitrogens is 4. The summed E-state index contributed by atoms with van der Waals surface area (Å²) in [5.74, 6) is -0.446. The molecular weight excluding hydrogens is 460 g/mol. The summed E-state index contributed by atoms with van der Waals surface area (Å²) in [4.78, 5) is 30.2. The molecule has 0 bridgehead atoms. The van der Waals surface area contributed by atoms with E-state index in [-0.39, 0.29) is 10.4 Å². The molecule has 3 aromatic heterocycles. The SMILES string of the molecule is Cc1c(C(=O)O)sc2nc3n(c(=O)c12)CCC3=Cc1cn(-c2ccccc2)nc1-c1ccccc1. The maximum atomic E-state index is 13.2. The molecule has 4 heterocycles. The molecular formula is C27H20N4O3S. The summed E-state index contributed by atoms with van der Waals surface area (Å²) in [6.45, 7) is 2.18. The third kappa shape index (κ3) is 3.50. The van der Waals surface area contributed by atoms with Gasteiger partial charge >= 0.3 is 5.97 Å². The van der Waals surface area contributed by atoms with E-state index in [0.29, 0.717) is 34.6 Å². The van der Waals surface area contributed by atoms with Crippen molar-refractivity contribution in [2.24, 2.45) is 0 Å². The Kier molecular flexibility index (Phi) is 4.96. The monoisotopic (exact) mass is 480 g/mol. The van der Waals surface area contributed by atoms with Crippen LogP contribution in [0.25, 0.3) is 38.8 Å². The van der Waals surface area contributed by atoms with Gasteiger partial charge in [0.15, 0.2) is 0 Å². The smallest absolute Gasteiger partial charge is 0.346 e. The van der Waals surface area contributed by atoms with Crippen molar-refractivity contribution in [3.63, 3.8) is 0 Å². The Hall–Kier alpha value is -4.30. The van der Waals surface area contributed by atoms with Crippen LogP contribution in [0.3, 0.4) is 0 Å². The van der Waals surface area contributed by atoms with Crippen molar-refractivity contribution in [1.82, 2.24) is 19.3 Å². The highest BCUT2D eigenvalue weighted by atomic mass is 32.1. The third-order valence-electron chi connectivity index (χ3n) is 6.28. The molecule has 2 aromatic carbocycles. The molecule has 8 heteroatoms. The first-order valence-corrected chi connectivity index (χ1v) is 12.0. The van der Waals surface area contributed by atoms with E-state index in [1.165, 1.54) is 0 Å². The summed E-state index contributed by atoms with van der Waals surface area (Å²) in [7, 11) is 0. The number of aryl methyl sites for hydroxylation is 1. The van der Waals surface area contributed by atoms with E-state index in [0.717, 1.165) is 39.4 Å². The van der Waals surface area contributed by atoms with Crippen molar-refractivity contribution >= 4 is 39.2 Å². The maximum Gasteiger partial charge on any atom is 0.346 e. The topological polar surface area (TPSA) is 90.0 Å². The van der Waals surface area contributed by atoms with E-state index in [1.807, 2.05) is 77.6 Å². The largest absolute Gasteiger partial charge is 0.477 e. The summed E-state index contributed by atoms with van der Waals surface area (Å²) < 4.78 is 3.51. The molecule has 1 N–H and O–H groups in total. The Morgan fingerprint density at radius 3 is 2.51 bits per heavy atom. The fourth-order valence-corrected chi connectivity index (χ4v) is 5.58. The molecule has 1 aliphatic rings. The standard InChI is InChI=1S/C27H20N4O3S/c1-16-21-25(35-23(16)27(33)34)28-24-18(12-13-30(24)26(21)32)14-19-15-31(20-10-6-3-7-11-20)29-22(19)17-8-4-2-5-9-17/h2-11,14-15H,12-13H2,1H3,(H,33,34). The number of aromatic carboxylic acids is 1.